The second kappa shape index (κ2) is 7.31. The molecule has 0 radical (unpaired) electrons. The van der Waals surface area contributed by atoms with E-state index in [9.17, 15) is 9.59 Å². The average molecular weight is 301 g/mol. The van der Waals surface area contributed by atoms with Crippen LogP contribution in [0.5, 0.6) is 0 Å². The van der Waals surface area contributed by atoms with Crippen molar-refractivity contribution in [2.75, 3.05) is 18.1 Å². The second-order valence-electron chi connectivity index (χ2n) is 5.55. The number of carboxylic acid groups (broad SMARTS) is 1. The van der Waals surface area contributed by atoms with Crippen LogP contribution in [0, 0.1) is 0 Å². The molecule has 1 saturated carbocycles. The van der Waals surface area contributed by atoms with Crippen LogP contribution in [0.1, 0.15) is 39.0 Å². The summed E-state index contributed by atoms with van der Waals surface area (Å²) in [6.07, 6.45) is 5.51. The van der Waals surface area contributed by atoms with Crippen molar-refractivity contribution < 1.29 is 19.4 Å². The van der Waals surface area contributed by atoms with Gasteiger partial charge in [0.15, 0.2) is 0 Å². The zero-order valence-corrected chi connectivity index (χ0v) is 12.7. The molecule has 2 aliphatic rings. The van der Waals surface area contributed by atoms with E-state index >= 15 is 0 Å². The van der Waals surface area contributed by atoms with Crippen molar-refractivity contribution in [1.29, 1.82) is 0 Å². The SMILES string of the molecule is CC(C(=O)O)N(C(=O)CSCC1CCCCO1)C1CC1. The Morgan fingerprint density at radius 1 is 1.35 bits per heavy atom. The van der Waals surface area contributed by atoms with Gasteiger partial charge in [0.25, 0.3) is 0 Å². The summed E-state index contributed by atoms with van der Waals surface area (Å²) in [5.41, 5.74) is 0. The molecule has 1 aliphatic heterocycles. The maximum atomic E-state index is 12.2. The molecule has 6 heteroatoms. The quantitative estimate of drug-likeness (QED) is 0.776. The minimum atomic E-state index is -0.925. The second-order valence-corrected chi connectivity index (χ2v) is 6.58. The number of hydrogen-bond donors (Lipinski definition) is 1. The topological polar surface area (TPSA) is 66.8 Å². The van der Waals surface area contributed by atoms with Crippen LogP contribution in [0.4, 0.5) is 0 Å². The maximum absolute atomic E-state index is 12.2. The van der Waals surface area contributed by atoms with Crippen LogP contribution < -0.4 is 0 Å². The molecule has 0 aromatic rings. The first-order chi connectivity index (χ1) is 9.59. The van der Waals surface area contributed by atoms with Gasteiger partial charge in [-0.1, -0.05) is 0 Å². The molecule has 1 heterocycles. The number of aliphatic carboxylic acids is 1. The first-order valence-electron chi connectivity index (χ1n) is 7.33. The molecular formula is C14H23NO4S. The molecule has 1 aliphatic carbocycles. The van der Waals surface area contributed by atoms with Crippen molar-refractivity contribution in [3.63, 3.8) is 0 Å². The van der Waals surface area contributed by atoms with Crippen molar-refractivity contribution in [3.8, 4) is 0 Å². The first-order valence-corrected chi connectivity index (χ1v) is 8.48. The van der Waals surface area contributed by atoms with Crippen LogP contribution in [-0.4, -0.2) is 58.2 Å². The third-order valence-corrected chi connectivity index (χ3v) is 4.86. The lowest BCUT2D eigenvalue weighted by Crippen LogP contribution is -2.45. The van der Waals surface area contributed by atoms with Gasteiger partial charge in [0.05, 0.1) is 11.9 Å². The van der Waals surface area contributed by atoms with Gasteiger partial charge < -0.3 is 14.7 Å². The number of rotatable bonds is 7. The van der Waals surface area contributed by atoms with Gasteiger partial charge in [0.2, 0.25) is 5.91 Å². The largest absolute Gasteiger partial charge is 0.480 e. The summed E-state index contributed by atoms with van der Waals surface area (Å²) in [7, 11) is 0. The van der Waals surface area contributed by atoms with Crippen LogP contribution in [0.25, 0.3) is 0 Å². The fourth-order valence-corrected chi connectivity index (χ4v) is 3.47. The molecule has 0 bridgehead atoms. The normalized spacial score (nSPS) is 24.1. The minimum absolute atomic E-state index is 0.0526. The lowest BCUT2D eigenvalue weighted by atomic mass is 10.1. The van der Waals surface area contributed by atoms with Gasteiger partial charge in [-0.05, 0) is 39.0 Å². The van der Waals surface area contributed by atoms with E-state index in [1.165, 1.54) is 6.42 Å². The predicted molar refractivity (Wildman–Crippen MR) is 77.9 cm³/mol. The van der Waals surface area contributed by atoms with Crippen LogP contribution in [0.3, 0.4) is 0 Å². The molecule has 5 nitrogen and oxygen atoms in total. The molecule has 1 saturated heterocycles. The van der Waals surface area contributed by atoms with Gasteiger partial charge >= 0.3 is 5.97 Å². The van der Waals surface area contributed by atoms with Gasteiger partial charge in [0.1, 0.15) is 6.04 Å². The number of carbonyl (C=O) groups is 2. The molecule has 2 atom stereocenters. The summed E-state index contributed by atoms with van der Waals surface area (Å²) in [5.74, 6) is 0.203. The zero-order valence-electron chi connectivity index (χ0n) is 11.9. The summed E-state index contributed by atoms with van der Waals surface area (Å²) in [6.45, 7) is 2.41. The van der Waals surface area contributed by atoms with E-state index in [1.54, 1.807) is 23.6 Å². The number of amides is 1. The van der Waals surface area contributed by atoms with Gasteiger partial charge in [-0.3, -0.25) is 4.79 Å². The van der Waals surface area contributed by atoms with Crippen molar-refractivity contribution in [2.45, 2.75) is 57.2 Å². The van der Waals surface area contributed by atoms with Gasteiger partial charge in [-0.25, -0.2) is 4.79 Å². The molecule has 0 spiro atoms. The molecule has 114 valence electrons. The molecule has 0 aromatic heterocycles. The number of carboxylic acids is 1. The van der Waals surface area contributed by atoms with Crippen LogP contribution in [0.2, 0.25) is 0 Å². The Bertz CT molecular complexity index is 353. The highest BCUT2D eigenvalue weighted by atomic mass is 32.2. The molecule has 1 amide bonds. The van der Waals surface area contributed by atoms with E-state index in [1.807, 2.05) is 0 Å². The van der Waals surface area contributed by atoms with E-state index in [0.29, 0.717) is 5.75 Å². The van der Waals surface area contributed by atoms with Crippen LogP contribution in [-0.2, 0) is 14.3 Å². The highest BCUT2D eigenvalue weighted by Gasteiger charge is 2.38. The van der Waals surface area contributed by atoms with Crippen LogP contribution >= 0.6 is 11.8 Å². The van der Waals surface area contributed by atoms with E-state index in [4.69, 9.17) is 9.84 Å². The average Bonchev–Trinajstić information content (AvgIpc) is 3.24. The Balaban J connectivity index is 1.75. The number of hydrogen-bond acceptors (Lipinski definition) is 4. The molecule has 2 unspecified atom stereocenters. The highest BCUT2D eigenvalue weighted by Crippen LogP contribution is 2.29. The molecule has 0 aromatic carbocycles. The number of carbonyl (C=O) groups excluding carboxylic acids is 1. The third kappa shape index (κ3) is 4.38. The monoisotopic (exact) mass is 301 g/mol. The third-order valence-electron chi connectivity index (χ3n) is 3.81. The fourth-order valence-electron chi connectivity index (χ4n) is 2.50. The van der Waals surface area contributed by atoms with Crippen molar-refractivity contribution in [3.05, 3.63) is 0 Å². The zero-order chi connectivity index (χ0) is 14.5. The summed E-state index contributed by atoms with van der Waals surface area (Å²) in [4.78, 5) is 24.8. The van der Waals surface area contributed by atoms with Gasteiger partial charge in [0, 0.05) is 18.4 Å². The van der Waals surface area contributed by atoms with E-state index in [0.717, 1.165) is 38.0 Å². The summed E-state index contributed by atoms with van der Waals surface area (Å²) in [6, 6.07) is -0.582. The highest BCUT2D eigenvalue weighted by molar-refractivity contribution is 7.99. The Labute approximate surface area is 124 Å². The molecular weight excluding hydrogens is 278 g/mol. The Kier molecular flexibility index (Phi) is 5.72. The standard InChI is InChI=1S/C14H23NO4S/c1-10(14(17)18)15(11-5-6-11)13(16)9-20-8-12-4-2-3-7-19-12/h10-12H,2-9H2,1H3,(H,17,18). The number of nitrogens with zero attached hydrogens (tertiary/aromatic N) is 1. The van der Waals surface area contributed by atoms with E-state index in [2.05, 4.69) is 0 Å². The molecule has 20 heavy (non-hydrogen) atoms. The predicted octanol–water partition coefficient (Wildman–Crippen LogP) is 1.75. The van der Waals surface area contributed by atoms with Gasteiger partial charge in [-0.2, -0.15) is 0 Å². The molecule has 2 rings (SSSR count). The summed E-state index contributed by atoms with van der Waals surface area (Å²) >= 11 is 1.56. The van der Waals surface area contributed by atoms with E-state index in [-0.39, 0.29) is 18.1 Å². The minimum Gasteiger partial charge on any atom is -0.480 e. The number of thioether (sulfide) groups is 1. The first kappa shape index (κ1) is 15.6. The van der Waals surface area contributed by atoms with Gasteiger partial charge in [-0.15, -0.1) is 11.8 Å². The lowest BCUT2D eigenvalue weighted by molar-refractivity contribution is -0.148. The Morgan fingerprint density at radius 3 is 2.65 bits per heavy atom. The Morgan fingerprint density at radius 2 is 2.10 bits per heavy atom. The summed E-state index contributed by atoms with van der Waals surface area (Å²) < 4.78 is 5.63. The van der Waals surface area contributed by atoms with Crippen LogP contribution in [0.15, 0.2) is 0 Å². The molecule has 2 fully saturated rings. The van der Waals surface area contributed by atoms with Crippen molar-refractivity contribution in [1.82, 2.24) is 4.90 Å². The smallest absolute Gasteiger partial charge is 0.326 e. The fraction of sp³-hybridized carbons (Fsp3) is 0.857. The lowest BCUT2D eigenvalue weighted by Gasteiger charge is -2.27. The van der Waals surface area contributed by atoms with Crippen molar-refractivity contribution in [2.24, 2.45) is 0 Å². The van der Waals surface area contributed by atoms with E-state index < -0.39 is 12.0 Å². The maximum Gasteiger partial charge on any atom is 0.326 e. The van der Waals surface area contributed by atoms with Crippen molar-refractivity contribution >= 4 is 23.6 Å². The Hall–Kier alpha value is -0.750. The summed E-state index contributed by atoms with van der Waals surface area (Å²) in [5, 5.41) is 9.09. The molecule has 1 N–H and O–H groups in total. The number of ether oxygens (including phenoxy) is 1.